The Labute approximate surface area is 498 Å². The Morgan fingerprint density at radius 1 is 0.259 bits per heavy atom. The summed E-state index contributed by atoms with van der Waals surface area (Å²) in [6.07, 6.45) is 99.2. The first-order chi connectivity index (χ1) is 40.0. The number of hydrogen-bond donors (Lipinski definition) is 0. The molecule has 81 heavy (non-hydrogen) atoms. The van der Waals surface area contributed by atoms with E-state index < -0.39 is 6.10 Å². The van der Waals surface area contributed by atoms with Crippen molar-refractivity contribution in [2.75, 3.05) is 13.2 Å². The first-order valence-electron chi connectivity index (χ1n) is 32.6. The average Bonchev–Trinajstić information content (AvgIpc) is 3.47. The molecular weight excluding hydrogens is 997 g/mol. The van der Waals surface area contributed by atoms with Crippen LogP contribution < -0.4 is 0 Å². The summed E-state index contributed by atoms with van der Waals surface area (Å²) in [5.41, 5.74) is 0. The summed E-state index contributed by atoms with van der Waals surface area (Å²) in [5, 5.41) is 0. The maximum absolute atomic E-state index is 12.9. The first kappa shape index (κ1) is 75.8. The van der Waals surface area contributed by atoms with Gasteiger partial charge in [-0.1, -0.05) is 262 Å². The zero-order valence-electron chi connectivity index (χ0n) is 52.0. The van der Waals surface area contributed by atoms with E-state index >= 15 is 0 Å². The molecule has 454 valence electrons. The van der Waals surface area contributed by atoms with Gasteiger partial charge in [-0.15, -0.1) is 0 Å². The van der Waals surface area contributed by atoms with Crippen LogP contribution in [-0.4, -0.2) is 37.2 Å². The number of carbonyl (C=O) groups is 3. The molecule has 1 atom stereocenters. The number of rotatable bonds is 57. The molecule has 1 unspecified atom stereocenters. The standard InChI is InChI=1S/C75H118O6/c1-4-7-10-13-16-19-22-25-28-31-33-35-36-37-38-40-41-44-47-50-53-56-59-62-65-68-74(77)80-71-72(70-79-73(76)67-64-61-58-55-52-49-46-43-30-27-24-21-18-15-12-9-6-3)81-75(78)69-66-63-60-57-54-51-48-45-42-39-34-32-29-26-23-20-17-14-11-8-5-2/h7-8,10-11,16-21,25-30,33-35,37-39,41,44-45,48,54,57,72H,4-6,9,12-15,22-24,31-32,36,40,42-43,46-47,49-53,55-56,58-71H2,1-3H3/b10-7-,11-8-,19-16-,20-17-,21-18-,28-25-,29-26-,30-27-,35-33-,38-37-,39-34-,44-41-,48-45-,57-54-. The van der Waals surface area contributed by atoms with Crippen LogP contribution in [-0.2, 0) is 28.6 Å². The van der Waals surface area contributed by atoms with Gasteiger partial charge in [0, 0.05) is 19.3 Å². The number of carbonyl (C=O) groups excluding carboxylic acids is 3. The molecule has 0 bridgehead atoms. The topological polar surface area (TPSA) is 78.9 Å². The van der Waals surface area contributed by atoms with Gasteiger partial charge in [0.1, 0.15) is 13.2 Å². The normalized spacial score (nSPS) is 13.3. The van der Waals surface area contributed by atoms with E-state index in [-0.39, 0.29) is 37.5 Å². The third-order valence-electron chi connectivity index (χ3n) is 13.2. The van der Waals surface area contributed by atoms with Gasteiger partial charge in [0.05, 0.1) is 0 Å². The molecular formula is C75H118O6. The van der Waals surface area contributed by atoms with Gasteiger partial charge in [-0.2, -0.15) is 0 Å². The van der Waals surface area contributed by atoms with Crippen molar-refractivity contribution in [3.8, 4) is 0 Å². The molecule has 0 heterocycles. The maximum atomic E-state index is 12.9. The molecule has 0 aliphatic carbocycles. The second-order valence-electron chi connectivity index (χ2n) is 20.9. The zero-order chi connectivity index (χ0) is 58.5. The Hall–Kier alpha value is -5.23. The minimum Gasteiger partial charge on any atom is -0.462 e. The molecule has 0 aliphatic rings. The van der Waals surface area contributed by atoms with Gasteiger partial charge in [-0.05, 0) is 154 Å². The van der Waals surface area contributed by atoms with Crippen LogP contribution in [0.4, 0.5) is 0 Å². The monoisotopic (exact) mass is 1110 g/mol. The predicted molar refractivity (Wildman–Crippen MR) is 352 cm³/mol. The van der Waals surface area contributed by atoms with Gasteiger partial charge in [0.2, 0.25) is 0 Å². The lowest BCUT2D eigenvalue weighted by Gasteiger charge is -2.18. The van der Waals surface area contributed by atoms with Crippen LogP contribution in [0.25, 0.3) is 0 Å². The minimum atomic E-state index is -0.822. The van der Waals surface area contributed by atoms with Crippen LogP contribution in [0.5, 0.6) is 0 Å². The van der Waals surface area contributed by atoms with Gasteiger partial charge in [0.15, 0.2) is 6.10 Å². The summed E-state index contributed by atoms with van der Waals surface area (Å²) < 4.78 is 16.9. The number of esters is 3. The Morgan fingerprint density at radius 3 is 0.778 bits per heavy atom. The molecule has 0 aliphatic heterocycles. The van der Waals surface area contributed by atoms with Crippen molar-refractivity contribution in [3.05, 3.63) is 170 Å². The fraction of sp³-hybridized carbons (Fsp3) is 0.587. The Balaban J connectivity index is 4.53. The average molecular weight is 1120 g/mol. The van der Waals surface area contributed by atoms with Crippen LogP contribution >= 0.6 is 0 Å². The van der Waals surface area contributed by atoms with Crippen molar-refractivity contribution in [1.82, 2.24) is 0 Å². The Bertz CT molecular complexity index is 1860. The molecule has 0 fully saturated rings. The molecule has 6 heteroatoms. The van der Waals surface area contributed by atoms with Crippen molar-refractivity contribution < 1.29 is 28.6 Å². The molecule has 6 nitrogen and oxygen atoms in total. The molecule has 0 aromatic heterocycles. The lowest BCUT2D eigenvalue weighted by Crippen LogP contribution is -2.30. The summed E-state index contributed by atoms with van der Waals surface area (Å²) >= 11 is 0. The molecule has 0 aromatic rings. The molecule has 0 radical (unpaired) electrons. The Kier molecular flexibility index (Phi) is 62.9. The summed E-state index contributed by atoms with van der Waals surface area (Å²) in [7, 11) is 0. The zero-order valence-corrected chi connectivity index (χ0v) is 52.0. The van der Waals surface area contributed by atoms with E-state index in [4.69, 9.17) is 14.2 Å². The molecule has 0 saturated carbocycles. The van der Waals surface area contributed by atoms with E-state index in [2.05, 4.69) is 191 Å². The maximum Gasteiger partial charge on any atom is 0.306 e. The number of ether oxygens (including phenoxy) is 3. The van der Waals surface area contributed by atoms with Gasteiger partial charge in [-0.3, -0.25) is 14.4 Å². The van der Waals surface area contributed by atoms with E-state index in [9.17, 15) is 14.4 Å². The molecule has 0 N–H and O–H groups in total. The summed E-state index contributed by atoms with van der Waals surface area (Å²) in [6, 6.07) is 0. The third-order valence-corrected chi connectivity index (χ3v) is 13.2. The highest BCUT2D eigenvalue weighted by Crippen LogP contribution is 2.14. The van der Waals surface area contributed by atoms with Crippen molar-refractivity contribution in [2.24, 2.45) is 0 Å². The number of hydrogen-bond acceptors (Lipinski definition) is 6. The number of allylic oxidation sites excluding steroid dienone is 28. The van der Waals surface area contributed by atoms with Gasteiger partial charge < -0.3 is 14.2 Å². The lowest BCUT2D eigenvalue weighted by atomic mass is 10.1. The fourth-order valence-electron chi connectivity index (χ4n) is 8.36. The van der Waals surface area contributed by atoms with E-state index in [1.54, 1.807) is 0 Å². The van der Waals surface area contributed by atoms with E-state index in [1.807, 2.05) is 0 Å². The molecule has 0 rings (SSSR count). The van der Waals surface area contributed by atoms with Crippen molar-refractivity contribution in [1.29, 1.82) is 0 Å². The second kappa shape index (κ2) is 67.3. The summed E-state index contributed by atoms with van der Waals surface area (Å²) in [6.45, 7) is 6.33. The van der Waals surface area contributed by atoms with Crippen molar-refractivity contribution >= 4 is 17.9 Å². The van der Waals surface area contributed by atoms with Crippen LogP contribution in [0.3, 0.4) is 0 Å². The molecule has 0 spiro atoms. The minimum absolute atomic E-state index is 0.112. The van der Waals surface area contributed by atoms with Crippen LogP contribution in [0.15, 0.2) is 170 Å². The third kappa shape index (κ3) is 65.5. The quantitative estimate of drug-likeness (QED) is 0.0261. The summed E-state index contributed by atoms with van der Waals surface area (Å²) in [4.78, 5) is 38.4. The van der Waals surface area contributed by atoms with Crippen LogP contribution in [0, 0.1) is 0 Å². The van der Waals surface area contributed by atoms with Crippen LogP contribution in [0.2, 0.25) is 0 Å². The lowest BCUT2D eigenvalue weighted by molar-refractivity contribution is -0.167. The summed E-state index contributed by atoms with van der Waals surface area (Å²) in [5.74, 6) is -0.982. The largest absolute Gasteiger partial charge is 0.462 e. The van der Waals surface area contributed by atoms with Gasteiger partial charge in [0.25, 0.3) is 0 Å². The fourth-order valence-corrected chi connectivity index (χ4v) is 8.36. The van der Waals surface area contributed by atoms with E-state index in [0.29, 0.717) is 19.3 Å². The van der Waals surface area contributed by atoms with Gasteiger partial charge in [-0.25, -0.2) is 0 Å². The highest BCUT2D eigenvalue weighted by Gasteiger charge is 2.19. The second-order valence-corrected chi connectivity index (χ2v) is 20.9. The SMILES string of the molecule is CC/C=C\C/C=C\C/C=C\C/C=C\C/C=C\C/C=C\CCCCCCCCC(=O)OCC(COC(=O)CCCCCCCCC/C=C\C/C=C\CCCCC)OC(=O)CCCC/C=C\C/C=C\C/C=C\C/C=C\C/C=C\C/C=C\CC. The smallest absolute Gasteiger partial charge is 0.306 e. The molecule has 0 saturated heterocycles. The van der Waals surface area contributed by atoms with Crippen molar-refractivity contribution in [2.45, 2.75) is 271 Å². The van der Waals surface area contributed by atoms with E-state index in [1.165, 1.54) is 64.2 Å². The van der Waals surface area contributed by atoms with Crippen molar-refractivity contribution in [3.63, 3.8) is 0 Å². The van der Waals surface area contributed by atoms with E-state index in [0.717, 1.165) is 154 Å². The Morgan fingerprint density at radius 2 is 0.481 bits per heavy atom. The molecule has 0 amide bonds. The molecule has 0 aromatic carbocycles. The highest BCUT2D eigenvalue weighted by atomic mass is 16.6. The highest BCUT2D eigenvalue weighted by molar-refractivity contribution is 5.71. The number of unbranched alkanes of at least 4 members (excludes halogenated alkanes) is 18. The van der Waals surface area contributed by atoms with Gasteiger partial charge >= 0.3 is 17.9 Å². The van der Waals surface area contributed by atoms with Crippen LogP contribution in [0.1, 0.15) is 265 Å². The first-order valence-corrected chi connectivity index (χ1v) is 32.6. The predicted octanol–water partition coefficient (Wildman–Crippen LogP) is 22.7.